The number of benzene rings is 2. The van der Waals surface area contributed by atoms with Crippen LogP contribution >= 0.6 is 0 Å². The normalized spacial score (nSPS) is 20.1. The smallest absolute Gasteiger partial charge is 0.309 e. The zero-order valence-corrected chi connectivity index (χ0v) is 18.0. The SMILES string of the molecule is CC=Nc1c(C2CCCC(C(=O)OCc3ccccc3)CC2)cccc1S(N)(=O)=O. The second-order valence-corrected chi connectivity index (χ2v) is 9.15. The molecule has 1 aliphatic rings. The van der Waals surface area contributed by atoms with Crippen LogP contribution in [0.5, 0.6) is 0 Å². The standard InChI is InChI=1S/C23H28N2O4S/c1-2-25-22-20(12-7-13-21(22)30(24,27)28)18-10-6-11-19(15-14-18)23(26)29-16-17-8-4-3-5-9-17/h2-5,7-9,12-13,18-19H,6,10-11,14-16H2,1H3,(H2,24,27,28). The maximum absolute atomic E-state index is 12.6. The number of rotatable bonds is 6. The lowest BCUT2D eigenvalue weighted by Crippen LogP contribution is -2.17. The fourth-order valence-electron chi connectivity index (χ4n) is 4.06. The highest BCUT2D eigenvalue weighted by atomic mass is 32.2. The number of hydrogen-bond donors (Lipinski definition) is 1. The zero-order valence-electron chi connectivity index (χ0n) is 17.2. The predicted octanol–water partition coefficient (Wildman–Crippen LogP) is 4.46. The van der Waals surface area contributed by atoms with E-state index in [0.717, 1.165) is 36.8 Å². The molecule has 160 valence electrons. The summed E-state index contributed by atoms with van der Waals surface area (Å²) in [4.78, 5) is 16.9. The van der Waals surface area contributed by atoms with Gasteiger partial charge >= 0.3 is 5.97 Å². The highest BCUT2D eigenvalue weighted by Gasteiger charge is 2.28. The van der Waals surface area contributed by atoms with E-state index in [-0.39, 0.29) is 29.3 Å². The number of carbonyl (C=O) groups excluding carboxylic acids is 1. The van der Waals surface area contributed by atoms with E-state index in [1.807, 2.05) is 36.4 Å². The van der Waals surface area contributed by atoms with E-state index in [4.69, 9.17) is 9.88 Å². The summed E-state index contributed by atoms with van der Waals surface area (Å²) in [7, 11) is -3.87. The van der Waals surface area contributed by atoms with Crippen molar-refractivity contribution in [3.8, 4) is 0 Å². The van der Waals surface area contributed by atoms with Crippen molar-refractivity contribution in [2.24, 2.45) is 16.0 Å². The lowest BCUT2D eigenvalue weighted by molar-refractivity contribution is -0.150. The molecular formula is C23H28N2O4S. The molecule has 0 aliphatic heterocycles. The van der Waals surface area contributed by atoms with Gasteiger partial charge in [-0.1, -0.05) is 48.9 Å². The fraction of sp³-hybridized carbons (Fsp3) is 0.391. The topological polar surface area (TPSA) is 98.8 Å². The molecule has 0 saturated heterocycles. The molecule has 2 unspecified atom stereocenters. The van der Waals surface area contributed by atoms with Gasteiger partial charge in [-0.15, -0.1) is 0 Å². The Morgan fingerprint density at radius 3 is 2.57 bits per heavy atom. The van der Waals surface area contributed by atoms with Gasteiger partial charge in [-0.2, -0.15) is 0 Å². The molecule has 2 atom stereocenters. The fourth-order valence-corrected chi connectivity index (χ4v) is 4.77. The summed E-state index contributed by atoms with van der Waals surface area (Å²) < 4.78 is 29.5. The van der Waals surface area contributed by atoms with E-state index in [0.29, 0.717) is 12.1 Å². The van der Waals surface area contributed by atoms with Crippen LogP contribution < -0.4 is 5.14 Å². The van der Waals surface area contributed by atoms with E-state index < -0.39 is 10.0 Å². The molecule has 6 nitrogen and oxygen atoms in total. The Balaban J connectivity index is 1.71. The first-order chi connectivity index (χ1) is 14.4. The number of aliphatic imine (C=N–C) groups is 1. The van der Waals surface area contributed by atoms with Crippen molar-refractivity contribution in [2.45, 2.75) is 56.4 Å². The maximum atomic E-state index is 12.6. The summed E-state index contributed by atoms with van der Waals surface area (Å²) >= 11 is 0. The molecule has 0 bridgehead atoms. The summed E-state index contributed by atoms with van der Waals surface area (Å²) in [5.41, 5.74) is 2.26. The van der Waals surface area contributed by atoms with E-state index >= 15 is 0 Å². The van der Waals surface area contributed by atoms with Gasteiger partial charge in [-0.25, -0.2) is 13.6 Å². The van der Waals surface area contributed by atoms with Crippen molar-refractivity contribution < 1.29 is 17.9 Å². The summed E-state index contributed by atoms with van der Waals surface area (Å²) in [5.74, 6) is -0.180. The van der Waals surface area contributed by atoms with Crippen LogP contribution in [0.25, 0.3) is 0 Å². The molecule has 1 fully saturated rings. The van der Waals surface area contributed by atoms with Gasteiger partial charge in [-0.05, 0) is 55.7 Å². The van der Waals surface area contributed by atoms with Crippen LogP contribution in [0.15, 0.2) is 58.4 Å². The monoisotopic (exact) mass is 428 g/mol. The van der Waals surface area contributed by atoms with Gasteiger partial charge in [0.15, 0.2) is 0 Å². The van der Waals surface area contributed by atoms with Crippen LogP contribution in [0.2, 0.25) is 0 Å². The van der Waals surface area contributed by atoms with Crippen molar-refractivity contribution >= 4 is 27.9 Å². The second-order valence-electron chi connectivity index (χ2n) is 7.62. The molecule has 2 aromatic carbocycles. The van der Waals surface area contributed by atoms with Crippen molar-refractivity contribution in [3.63, 3.8) is 0 Å². The van der Waals surface area contributed by atoms with Gasteiger partial charge in [0.05, 0.1) is 11.6 Å². The van der Waals surface area contributed by atoms with Crippen molar-refractivity contribution in [3.05, 3.63) is 59.7 Å². The molecule has 1 saturated carbocycles. The molecule has 0 spiro atoms. The number of ether oxygens (including phenoxy) is 1. The molecule has 7 heteroatoms. The lowest BCUT2D eigenvalue weighted by Gasteiger charge is -2.19. The van der Waals surface area contributed by atoms with Gasteiger partial charge in [0, 0.05) is 6.21 Å². The van der Waals surface area contributed by atoms with Crippen LogP contribution in [0, 0.1) is 5.92 Å². The van der Waals surface area contributed by atoms with E-state index in [1.165, 1.54) is 6.07 Å². The molecule has 30 heavy (non-hydrogen) atoms. The molecular weight excluding hydrogens is 400 g/mol. The first-order valence-electron chi connectivity index (χ1n) is 10.2. The summed E-state index contributed by atoms with van der Waals surface area (Å²) in [6.07, 6.45) is 5.55. The molecule has 2 aromatic rings. The Bertz CT molecular complexity index is 1000. The number of para-hydroxylation sites is 1. The first-order valence-corrected chi connectivity index (χ1v) is 11.8. The van der Waals surface area contributed by atoms with Crippen LogP contribution in [-0.2, 0) is 26.2 Å². The third kappa shape index (κ3) is 5.55. The minimum absolute atomic E-state index is 0.0427. The molecule has 3 rings (SSSR count). The predicted molar refractivity (Wildman–Crippen MR) is 117 cm³/mol. The number of sulfonamides is 1. The third-order valence-electron chi connectivity index (χ3n) is 5.56. The number of nitrogens with zero attached hydrogens (tertiary/aromatic N) is 1. The second kappa shape index (κ2) is 10.00. The first kappa shape index (κ1) is 22.2. The largest absolute Gasteiger partial charge is 0.461 e. The third-order valence-corrected chi connectivity index (χ3v) is 6.50. The molecule has 0 radical (unpaired) electrons. The summed E-state index contributed by atoms with van der Waals surface area (Å²) in [5, 5.41) is 5.40. The lowest BCUT2D eigenvalue weighted by atomic mass is 9.90. The maximum Gasteiger partial charge on any atom is 0.309 e. The summed E-state index contributed by atoms with van der Waals surface area (Å²) in [6.45, 7) is 2.03. The molecule has 1 aliphatic carbocycles. The highest BCUT2D eigenvalue weighted by molar-refractivity contribution is 7.89. The highest BCUT2D eigenvalue weighted by Crippen LogP contribution is 2.40. The van der Waals surface area contributed by atoms with Gasteiger partial charge < -0.3 is 4.74 Å². The number of primary sulfonamides is 1. The van der Waals surface area contributed by atoms with Crippen LogP contribution in [0.4, 0.5) is 5.69 Å². The van der Waals surface area contributed by atoms with Gasteiger partial charge in [0.25, 0.3) is 0 Å². The average Bonchev–Trinajstić information content (AvgIpc) is 2.99. The molecule has 2 N–H and O–H groups in total. The van der Waals surface area contributed by atoms with Crippen molar-refractivity contribution in [2.75, 3.05) is 0 Å². The Labute approximate surface area is 178 Å². The number of nitrogens with two attached hydrogens (primary N) is 1. The van der Waals surface area contributed by atoms with Gasteiger partial charge in [0.2, 0.25) is 10.0 Å². The average molecular weight is 429 g/mol. The Morgan fingerprint density at radius 2 is 1.87 bits per heavy atom. The summed E-state index contributed by atoms with van der Waals surface area (Å²) in [6, 6.07) is 14.8. The Kier molecular flexibility index (Phi) is 7.39. The molecule has 0 amide bonds. The number of hydrogen-bond acceptors (Lipinski definition) is 5. The minimum atomic E-state index is -3.87. The van der Waals surface area contributed by atoms with Gasteiger partial charge in [0.1, 0.15) is 11.5 Å². The Morgan fingerprint density at radius 1 is 1.10 bits per heavy atom. The van der Waals surface area contributed by atoms with E-state index in [1.54, 1.807) is 19.2 Å². The molecule has 0 heterocycles. The number of carbonyl (C=O) groups is 1. The van der Waals surface area contributed by atoms with E-state index in [2.05, 4.69) is 4.99 Å². The van der Waals surface area contributed by atoms with Crippen LogP contribution in [-0.4, -0.2) is 20.6 Å². The van der Waals surface area contributed by atoms with E-state index in [9.17, 15) is 13.2 Å². The van der Waals surface area contributed by atoms with Crippen LogP contribution in [0.1, 0.15) is 56.1 Å². The Hall–Kier alpha value is -2.51. The van der Waals surface area contributed by atoms with Crippen molar-refractivity contribution in [1.82, 2.24) is 0 Å². The van der Waals surface area contributed by atoms with Gasteiger partial charge in [-0.3, -0.25) is 9.79 Å². The minimum Gasteiger partial charge on any atom is -0.461 e. The number of esters is 1. The van der Waals surface area contributed by atoms with Crippen molar-refractivity contribution in [1.29, 1.82) is 0 Å². The zero-order chi connectivity index (χ0) is 21.6. The van der Waals surface area contributed by atoms with Crippen LogP contribution in [0.3, 0.4) is 0 Å². The molecule has 0 aromatic heterocycles. The quantitative estimate of drug-likeness (QED) is 0.417.